The van der Waals surface area contributed by atoms with E-state index in [-0.39, 0.29) is 5.41 Å². The Balaban J connectivity index is 2.64. The number of anilines is 1. The standard InChI is InChI=1S/C12H12BrNO2/c1-12(2,3)6-4-7-9(8(13)5-6)14-11(16)10(7)15/h4-5H,1-3H3,(H,14,15,16). The molecule has 0 aromatic heterocycles. The van der Waals surface area contributed by atoms with E-state index in [1.54, 1.807) is 6.07 Å². The van der Waals surface area contributed by atoms with E-state index in [1.165, 1.54) is 0 Å². The minimum atomic E-state index is -0.554. The number of fused-ring (bicyclic) bond motifs is 1. The van der Waals surface area contributed by atoms with E-state index in [2.05, 4.69) is 42.0 Å². The topological polar surface area (TPSA) is 46.2 Å². The lowest BCUT2D eigenvalue weighted by Crippen LogP contribution is -2.13. The second-order valence-electron chi connectivity index (χ2n) is 4.91. The van der Waals surface area contributed by atoms with Crippen LogP contribution in [0, 0.1) is 0 Å². The van der Waals surface area contributed by atoms with Crippen molar-refractivity contribution in [2.24, 2.45) is 0 Å². The van der Waals surface area contributed by atoms with Gasteiger partial charge in [-0.1, -0.05) is 20.8 Å². The van der Waals surface area contributed by atoms with Gasteiger partial charge in [-0.05, 0) is 39.0 Å². The first kappa shape index (κ1) is 11.3. The van der Waals surface area contributed by atoms with Gasteiger partial charge in [0.05, 0.1) is 11.3 Å². The van der Waals surface area contributed by atoms with Crippen LogP contribution in [-0.4, -0.2) is 11.7 Å². The number of carbonyl (C=O) groups is 2. The molecule has 0 unspecified atom stereocenters. The number of rotatable bonds is 0. The van der Waals surface area contributed by atoms with Crippen molar-refractivity contribution in [3.8, 4) is 0 Å². The van der Waals surface area contributed by atoms with Crippen molar-refractivity contribution in [3.05, 3.63) is 27.7 Å². The fourth-order valence-electron chi connectivity index (χ4n) is 1.64. The fraction of sp³-hybridized carbons (Fsp3) is 0.333. The number of hydrogen-bond donors (Lipinski definition) is 1. The molecular weight excluding hydrogens is 270 g/mol. The van der Waals surface area contributed by atoms with E-state index in [0.717, 1.165) is 10.0 Å². The third-order valence-corrected chi connectivity index (χ3v) is 3.27. The van der Waals surface area contributed by atoms with Crippen LogP contribution in [0.3, 0.4) is 0 Å². The maximum Gasteiger partial charge on any atom is 0.296 e. The first-order valence-corrected chi connectivity index (χ1v) is 5.79. The second kappa shape index (κ2) is 3.42. The summed E-state index contributed by atoms with van der Waals surface area (Å²) in [4.78, 5) is 22.9. The molecule has 1 aliphatic rings. The maximum atomic E-state index is 11.6. The normalized spacial score (nSPS) is 15.0. The summed E-state index contributed by atoms with van der Waals surface area (Å²) < 4.78 is 0.758. The summed E-state index contributed by atoms with van der Waals surface area (Å²) in [7, 11) is 0. The predicted molar refractivity (Wildman–Crippen MR) is 65.8 cm³/mol. The second-order valence-corrected chi connectivity index (χ2v) is 5.77. The van der Waals surface area contributed by atoms with E-state index in [0.29, 0.717) is 11.3 Å². The van der Waals surface area contributed by atoms with Crippen molar-refractivity contribution in [2.75, 3.05) is 5.32 Å². The van der Waals surface area contributed by atoms with Crippen molar-refractivity contribution in [1.29, 1.82) is 0 Å². The van der Waals surface area contributed by atoms with Gasteiger partial charge in [0.15, 0.2) is 0 Å². The number of ketones is 1. The average Bonchev–Trinajstić information content (AvgIpc) is 2.44. The first-order chi connectivity index (χ1) is 7.30. The molecule has 1 N–H and O–H groups in total. The van der Waals surface area contributed by atoms with E-state index < -0.39 is 11.7 Å². The van der Waals surface area contributed by atoms with Crippen molar-refractivity contribution in [2.45, 2.75) is 26.2 Å². The molecule has 0 bridgehead atoms. The number of nitrogens with one attached hydrogen (secondary N) is 1. The number of halogens is 1. The molecule has 0 radical (unpaired) electrons. The molecule has 0 atom stereocenters. The highest BCUT2D eigenvalue weighted by Crippen LogP contribution is 2.36. The fourth-order valence-corrected chi connectivity index (χ4v) is 2.20. The van der Waals surface area contributed by atoms with Crippen molar-refractivity contribution < 1.29 is 9.59 Å². The SMILES string of the molecule is CC(C)(C)c1cc(Br)c2c(c1)C(=O)C(=O)N2. The van der Waals surface area contributed by atoms with E-state index in [9.17, 15) is 9.59 Å². The number of amides is 1. The Morgan fingerprint density at radius 2 is 1.81 bits per heavy atom. The summed E-state index contributed by atoms with van der Waals surface area (Å²) in [5, 5.41) is 2.56. The lowest BCUT2D eigenvalue weighted by Gasteiger charge is -2.20. The zero-order valence-electron chi connectivity index (χ0n) is 9.35. The minimum Gasteiger partial charge on any atom is -0.317 e. The van der Waals surface area contributed by atoms with Gasteiger partial charge in [0.25, 0.3) is 11.7 Å². The Kier molecular flexibility index (Phi) is 2.42. The van der Waals surface area contributed by atoms with Crippen molar-refractivity contribution in [3.63, 3.8) is 0 Å². The third-order valence-electron chi connectivity index (χ3n) is 2.65. The van der Waals surface area contributed by atoms with Gasteiger partial charge in [0, 0.05) is 4.47 Å². The molecule has 1 aromatic carbocycles. The average molecular weight is 282 g/mol. The molecule has 1 aliphatic heterocycles. The zero-order valence-corrected chi connectivity index (χ0v) is 10.9. The summed E-state index contributed by atoms with van der Waals surface area (Å²) >= 11 is 3.38. The van der Waals surface area contributed by atoms with Gasteiger partial charge in [-0.2, -0.15) is 0 Å². The van der Waals surface area contributed by atoms with Gasteiger partial charge in [0.1, 0.15) is 0 Å². The molecule has 0 spiro atoms. The number of carbonyl (C=O) groups excluding carboxylic acids is 2. The molecule has 0 fully saturated rings. The summed E-state index contributed by atoms with van der Waals surface area (Å²) in [5.41, 5.74) is 2.03. The van der Waals surface area contributed by atoms with E-state index in [4.69, 9.17) is 0 Å². The van der Waals surface area contributed by atoms with E-state index in [1.807, 2.05) is 6.07 Å². The summed E-state index contributed by atoms with van der Waals surface area (Å²) in [6, 6.07) is 3.73. The number of benzene rings is 1. The van der Waals surface area contributed by atoms with Crippen molar-refractivity contribution >= 4 is 33.3 Å². The van der Waals surface area contributed by atoms with Crippen LogP contribution in [0.5, 0.6) is 0 Å². The lowest BCUT2D eigenvalue weighted by molar-refractivity contribution is -0.112. The van der Waals surface area contributed by atoms with Crippen LogP contribution >= 0.6 is 15.9 Å². The molecule has 1 heterocycles. The van der Waals surface area contributed by atoms with Crippen LogP contribution in [0.2, 0.25) is 0 Å². The molecule has 16 heavy (non-hydrogen) atoms. The third kappa shape index (κ3) is 1.67. The molecule has 84 valence electrons. The summed E-state index contributed by atoms with van der Waals surface area (Å²) in [6.45, 7) is 6.20. The number of Topliss-reactive ketones (excluding diaryl/α,β-unsaturated/α-hetero) is 1. The molecule has 0 saturated carbocycles. The van der Waals surface area contributed by atoms with Gasteiger partial charge >= 0.3 is 0 Å². The molecule has 4 heteroatoms. The maximum absolute atomic E-state index is 11.6. The largest absolute Gasteiger partial charge is 0.317 e. The molecule has 2 rings (SSSR count). The lowest BCUT2D eigenvalue weighted by atomic mass is 9.86. The Morgan fingerprint density at radius 3 is 2.38 bits per heavy atom. The highest BCUT2D eigenvalue weighted by atomic mass is 79.9. The molecule has 0 aliphatic carbocycles. The van der Waals surface area contributed by atoms with Gasteiger partial charge in [-0.3, -0.25) is 9.59 Å². The van der Waals surface area contributed by atoms with Crippen LogP contribution in [0.15, 0.2) is 16.6 Å². The van der Waals surface area contributed by atoms with Gasteiger partial charge < -0.3 is 5.32 Å². The highest BCUT2D eigenvalue weighted by Gasteiger charge is 2.31. The van der Waals surface area contributed by atoms with Crippen molar-refractivity contribution in [1.82, 2.24) is 0 Å². The van der Waals surface area contributed by atoms with Gasteiger partial charge in [-0.15, -0.1) is 0 Å². The van der Waals surface area contributed by atoms with Crippen LogP contribution in [0.4, 0.5) is 5.69 Å². The smallest absolute Gasteiger partial charge is 0.296 e. The molecule has 0 saturated heterocycles. The summed E-state index contributed by atoms with van der Waals surface area (Å²) in [6.07, 6.45) is 0. The molecular formula is C12H12BrNO2. The Hall–Kier alpha value is -1.16. The van der Waals surface area contributed by atoms with Gasteiger partial charge in [0.2, 0.25) is 0 Å². The van der Waals surface area contributed by atoms with E-state index >= 15 is 0 Å². The molecule has 1 aromatic rings. The highest BCUT2D eigenvalue weighted by molar-refractivity contribution is 9.10. The minimum absolute atomic E-state index is 0.0521. The van der Waals surface area contributed by atoms with Crippen LogP contribution in [0.1, 0.15) is 36.7 Å². The Morgan fingerprint density at radius 1 is 1.19 bits per heavy atom. The first-order valence-electron chi connectivity index (χ1n) is 5.00. The zero-order chi connectivity index (χ0) is 12.1. The Bertz CT molecular complexity index is 500. The van der Waals surface area contributed by atoms with Gasteiger partial charge in [-0.25, -0.2) is 0 Å². The Labute approximate surface area is 102 Å². The van der Waals surface area contributed by atoms with Crippen LogP contribution in [0.25, 0.3) is 0 Å². The molecule has 3 nitrogen and oxygen atoms in total. The summed E-state index contributed by atoms with van der Waals surface area (Å²) in [5.74, 6) is -1.01. The monoisotopic (exact) mass is 281 g/mol. The molecule has 1 amide bonds. The van der Waals surface area contributed by atoms with Crippen LogP contribution in [-0.2, 0) is 10.2 Å². The quantitative estimate of drug-likeness (QED) is 0.744. The predicted octanol–water partition coefficient (Wildman–Crippen LogP) is 2.88. The number of hydrogen-bond acceptors (Lipinski definition) is 2. The van der Waals surface area contributed by atoms with Crippen LogP contribution < -0.4 is 5.32 Å².